The second-order valence-corrected chi connectivity index (χ2v) is 3.89. The summed E-state index contributed by atoms with van der Waals surface area (Å²) >= 11 is 5.60. The van der Waals surface area contributed by atoms with Crippen LogP contribution in [0.25, 0.3) is 11.4 Å². The number of benzene rings is 1. The summed E-state index contributed by atoms with van der Waals surface area (Å²) < 4.78 is 13.2. The van der Waals surface area contributed by atoms with Crippen LogP contribution in [0.2, 0.25) is 5.02 Å². The summed E-state index contributed by atoms with van der Waals surface area (Å²) in [5.74, 6) is 0.855. The van der Waals surface area contributed by atoms with Crippen molar-refractivity contribution in [1.82, 2.24) is 15.2 Å². The molecule has 0 amide bonds. The summed E-state index contributed by atoms with van der Waals surface area (Å²) in [5, 5.41) is 6.96. The average Bonchev–Trinajstić information content (AvgIpc) is 2.71. The molecule has 3 nitrogen and oxygen atoms in total. The van der Waals surface area contributed by atoms with Crippen LogP contribution in [-0.4, -0.2) is 15.2 Å². The number of aryl methyl sites for hydroxylation is 1. The largest absolute Gasteiger partial charge is 0.263 e. The molecule has 0 spiro atoms. The molecule has 0 saturated heterocycles. The Hall–Kier alpha value is -1.42. The third-order valence-electron chi connectivity index (χ3n) is 2.20. The predicted molar refractivity (Wildman–Crippen MR) is 60.8 cm³/mol. The zero-order valence-electron chi connectivity index (χ0n) is 8.80. The van der Waals surface area contributed by atoms with Gasteiger partial charge in [-0.2, -0.15) is 5.10 Å². The first kappa shape index (κ1) is 11.1. The third kappa shape index (κ3) is 2.22. The van der Waals surface area contributed by atoms with Crippen molar-refractivity contribution < 1.29 is 4.39 Å². The molecule has 1 aromatic carbocycles. The lowest BCUT2D eigenvalue weighted by atomic mass is 10.2. The van der Waals surface area contributed by atoms with Gasteiger partial charge in [0.2, 0.25) is 0 Å². The van der Waals surface area contributed by atoms with Gasteiger partial charge in [0.1, 0.15) is 11.6 Å². The molecule has 1 aromatic heterocycles. The molecule has 84 valence electrons. The first-order valence-electron chi connectivity index (χ1n) is 5.07. The standard InChI is InChI=1S/C11H11ClFN3/c1-2-3-10-14-11(16-15-10)7-4-5-8(12)9(13)6-7/h4-6H,2-3H2,1H3,(H,14,15,16). The first-order chi connectivity index (χ1) is 7.70. The molecular weight excluding hydrogens is 229 g/mol. The fraction of sp³-hybridized carbons (Fsp3) is 0.273. The van der Waals surface area contributed by atoms with Gasteiger partial charge in [-0.15, -0.1) is 0 Å². The summed E-state index contributed by atoms with van der Waals surface area (Å²) in [5.41, 5.74) is 0.625. The van der Waals surface area contributed by atoms with Crippen molar-refractivity contribution >= 4 is 11.6 Å². The van der Waals surface area contributed by atoms with Gasteiger partial charge < -0.3 is 0 Å². The summed E-state index contributed by atoms with van der Waals surface area (Å²) in [4.78, 5) is 4.26. The molecule has 2 rings (SSSR count). The molecule has 0 aliphatic carbocycles. The van der Waals surface area contributed by atoms with E-state index in [2.05, 4.69) is 22.1 Å². The van der Waals surface area contributed by atoms with Gasteiger partial charge in [0.05, 0.1) is 5.02 Å². The maximum atomic E-state index is 13.2. The molecule has 16 heavy (non-hydrogen) atoms. The molecule has 0 aliphatic rings. The van der Waals surface area contributed by atoms with Crippen molar-refractivity contribution in [2.45, 2.75) is 19.8 Å². The van der Waals surface area contributed by atoms with Crippen molar-refractivity contribution in [2.24, 2.45) is 0 Å². The Morgan fingerprint density at radius 3 is 2.94 bits per heavy atom. The van der Waals surface area contributed by atoms with Crippen molar-refractivity contribution in [2.75, 3.05) is 0 Å². The number of halogens is 2. The van der Waals surface area contributed by atoms with Crippen molar-refractivity contribution in [3.63, 3.8) is 0 Å². The number of nitrogens with zero attached hydrogens (tertiary/aromatic N) is 2. The van der Waals surface area contributed by atoms with E-state index in [4.69, 9.17) is 11.6 Å². The summed E-state index contributed by atoms with van der Waals surface area (Å²) in [6.07, 6.45) is 1.83. The topological polar surface area (TPSA) is 41.6 Å². The number of H-pyrrole nitrogens is 1. The number of hydrogen-bond acceptors (Lipinski definition) is 2. The molecule has 2 aromatic rings. The van der Waals surface area contributed by atoms with Crippen LogP contribution in [0, 0.1) is 5.82 Å². The number of hydrogen-bond donors (Lipinski definition) is 1. The van der Waals surface area contributed by atoms with Gasteiger partial charge >= 0.3 is 0 Å². The number of aromatic amines is 1. The fourth-order valence-corrected chi connectivity index (χ4v) is 1.53. The van der Waals surface area contributed by atoms with E-state index in [1.165, 1.54) is 12.1 Å². The Morgan fingerprint density at radius 2 is 2.25 bits per heavy atom. The van der Waals surface area contributed by atoms with Gasteiger partial charge in [-0.1, -0.05) is 18.5 Å². The average molecular weight is 240 g/mol. The molecule has 0 fully saturated rings. The highest BCUT2D eigenvalue weighted by Gasteiger charge is 2.08. The molecule has 1 heterocycles. The maximum absolute atomic E-state index is 13.2. The Balaban J connectivity index is 2.31. The van der Waals surface area contributed by atoms with Crippen molar-refractivity contribution in [3.8, 4) is 11.4 Å². The van der Waals surface area contributed by atoms with Gasteiger partial charge in [-0.25, -0.2) is 9.37 Å². The minimum Gasteiger partial charge on any atom is -0.263 e. The Morgan fingerprint density at radius 1 is 1.44 bits per heavy atom. The fourth-order valence-electron chi connectivity index (χ4n) is 1.41. The van der Waals surface area contributed by atoms with E-state index in [0.717, 1.165) is 18.7 Å². The van der Waals surface area contributed by atoms with Crippen LogP contribution in [-0.2, 0) is 6.42 Å². The lowest BCUT2D eigenvalue weighted by Crippen LogP contribution is -1.86. The normalized spacial score (nSPS) is 10.7. The molecule has 0 saturated carbocycles. The minimum absolute atomic E-state index is 0.105. The van der Waals surface area contributed by atoms with E-state index in [1.807, 2.05) is 0 Å². The van der Waals surface area contributed by atoms with Crippen molar-refractivity contribution in [3.05, 3.63) is 34.9 Å². The monoisotopic (exact) mass is 239 g/mol. The van der Waals surface area contributed by atoms with Gasteiger partial charge in [0.25, 0.3) is 0 Å². The maximum Gasteiger partial charge on any atom is 0.181 e. The summed E-state index contributed by atoms with van der Waals surface area (Å²) in [7, 11) is 0. The molecule has 1 N–H and O–H groups in total. The van der Waals surface area contributed by atoms with E-state index in [-0.39, 0.29) is 5.02 Å². The smallest absolute Gasteiger partial charge is 0.181 e. The SMILES string of the molecule is CCCc1nc(-c2ccc(Cl)c(F)c2)n[nH]1. The van der Waals surface area contributed by atoms with Crippen LogP contribution in [0.15, 0.2) is 18.2 Å². The Bertz CT molecular complexity index is 496. The lowest BCUT2D eigenvalue weighted by molar-refractivity contribution is 0.628. The van der Waals surface area contributed by atoms with E-state index < -0.39 is 5.82 Å². The molecular formula is C11H11ClFN3. The van der Waals surface area contributed by atoms with E-state index in [0.29, 0.717) is 11.4 Å². The Kier molecular flexibility index (Phi) is 3.19. The van der Waals surface area contributed by atoms with Gasteiger partial charge in [-0.3, -0.25) is 5.10 Å². The van der Waals surface area contributed by atoms with E-state index in [9.17, 15) is 4.39 Å². The zero-order chi connectivity index (χ0) is 11.5. The molecule has 5 heteroatoms. The van der Waals surface area contributed by atoms with Crippen LogP contribution in [0.3, 0.4) is 0 Å². The highest BCUT2D eigenvalue weighted by molar-refractivity contribution is 6.30. The minimum atomic E-state index is -0.457. The van der Waals surface area contributed by atoms with Crippen LogP contribution in [0.4, 0.5) is 4.39 Å². The van der Waals surface area contributed by atoms with Gasteiger partial charge in [0, 0.05) is 12.0 Å². The first-order valence-corrected chi connectivity index (χ1v) is 5.45. The summed E-state index contributed by atoms with van der Waals surface area (Å²) in [6.45, 7) is 2.06. The third-order valence-corrected chi connectivity index (χ3v) is 2.50. The van der Waals surface area contributed by atoms with E-state index in [1.54, 1.807) is 6.07 Å². The quantitative estimate of drug-likeness (QED) is 0.894. The van der Waals surface area contributed by atoms with Crippen LogP contribution in [0.1, 0.15) is 19.2 Å². The van der Waals surface area contributed by atoms with Crippen LogP contribution >= 0.6 is 11.6 Å². The van der Waals surface area contributed by atoms with Crippen molar-refractivity contribution in [1.29, 1.82) is 0 Å². The predicted octanol–water partition coefficient (Wildman–Crippen LogP) is 3.22. The van der Waals surface area contributed by atoms with Gasteiger partial charge in [0.15, 0.2) is 5.82 Å². The second-order valence-electron chi connectivity index (χ2n) is 3.48. The molecule has 0 aliphatic heterocycles. The number of nitrogens with one attached hydrogen (secondary N) is 1. The second kappa shape index (κ2) is 4.61. The highest BCUT2D eigenvalue weighted by atomic mass is 35.5. The van der Waals surface area contributed by atoms with E-state index >= 15 is 0 Å². The van der Waals surface area contributed by atoms with Crippen LogP contribution < -0.4 is 0 Å². The van der Waals surface area contributed by atoms with Gasteiger partial charge in [-0.05, 0) is 24.6 Å². The summed E-state index contributed by atoms with van der Waals surface area (Å²) in [6, 6.07) is 4.54. The molecule has 0 bridgehead atoms. The molecule has 0 unspecified atom stereocenters. The lowest BCUT2D eigenvalue weighted by Gasteiger charge is -1.96. The molecule has 0 radical (unpaired) electrons. The molecule has 0 atom stereocenters. The number of rotatable bonds is 3. The van der Waals surface area contributed by atoms with Crippen LogP contribution in [0.5, 0.6) is 0 Å². The number of aromatic nitrogens is 3. The Labute approximate surface area is 97.7 Å². The highest BCUT2D eigenvalue weighted by Crippen LogP contribution is 2.21. The zero-order valence-corrected chi connectivity index (χ0v) is 9.55.